The number of halogens is 3. The summed E-state index contributed by atoms with van der Waals surface area (Å²) in [7, 11) is 0. The summed E-state index contributed by atoms with van der Waals surface area (Å²) >= 11 is 0. The van der Waals surface area contributed by atoms with Crippen LogP contribution < -0.4 is 5.32 Å². The van der Waals surface area contributed by atoms with Gasteiger partial charge in [0.25, 0.3) is 0 Å². The molecule has 0 radical (unpaired) electrons. The van der Waals surface area contributed by atoms with Gasteiger partial charge in [-0.05, 0) is 13.0 Å². The number of hydrogen-bond acceptors (Lipinski definition) is 3. The van der Waals surface area contributed by atoms with Crippen LogP contribution in [0.25, 0.3) is 0 Å². The molecule has 0 aliphatic rings. The third kappa shape index (κ3) is 2.96. The van der Waals surface area contributed by atoms with Gasteiger partial charge in [0, 0.05) is 18.9 Å². The molecule has 1 atom stereocenters. The van der Waals surface area contributed by atoms with Crippen molar-refractivity contribution in [3.05, 3.63) is 18.5 Å². The number of carboxylic acids is 1. The van der Waals surface area contributed by atoms with Crippen molar-refractivity contribution in [2.75, 3.05) is 6.54 Å². The van der Waals surface area contributed by atoms with Crippen LogP contribution in [0.3, 0.4) is 0 Å². The Morgan fingerprint density at radius 2 is 2.18 bits per heavy atom. The Hall–Kier alpha value is -1.57. The van der Waals surface area contributed by atoms with Gasteiger partial charge in [0.2, 0.25) is 5.54 Å². The van der Waals surface area contributed by atoms with Gasteiger partial charge < -0.3 is 5.11 Å². The Morgan fingerprint density at radius 3 is 2.59 bits per heavy atom. The van der Waals surface area contributed by atoms with Crippen molar-refractivity contribution in [2.24, 2.45) is 0 Å². The zero-order valence-electron chi connectivity index (χ0n) is 9.03. The third-order valence-corrected chi connectivity index (χ3v) is 2.37. The predicted molar refractivity (Wildman–Crippen MR) is 52.3 cm³/mol. The fourth-order valence-electron chi connectivity index (χ4n) is 1.15. The number of rotatable bonds is 5. The number of carboxylic acid groups (broad SMARTS) is 1. The minimum Gasteiger partial charge on any atom is -0.480 e. The van der Waals surface area contributed by atoms with Crippen LogP contribution in [0.5, 0.6) is 0 Å². The Balaban J connectivity index is 2.60. The second-order valence-corrected chi connectivity index (χ2v) is 3.62. The van der Waals surface area contributed by atoms with E-state index in [1.807, 2.05) is 5.32 Å². The van der Waals surface area contributed by atoms with E-state index in [1.54, 1.807) is 12.3 Å². The number of aliphatic carboxylic acids is 1. The lowest BCUT2D eigenvalue weighted by Gasteiger charge is -2.28. The van der Waals surface area contributed by atoms with Crippen LogP contribution in [0, 0.1) is 0 Å². The highest BCUT2D eigenvalue weighted by atomic mass is 19.4. The number of hydrogen-bond donors (Lipinski definition) is 2. The first-order valence-electron chi connectivity index (χ1n) is 4.80. The predicted octanol–water partition coefficient (Wildman–Crippen LogP) is 0.878. The van der Waals surface area contributed by atoms with Gasteiger partial charge in [-0.15, -0.1) is 0 Å². The van der Waals surface area contributed by atoms with Crippen molar-refractivity contribution in [2.45, 2.75) is 25.2 Å². The van der Waals surface area contributed by atoms with E-state index in [0.717, 1.165) is 0 Å². The molecule has 0 saturated carbocycles. The van der Waals surface area contributed by atoms with E-state index in [9.17, 15) is 18.0 Å². The molecule has 0 saturated heterocycles. The average Bonchev–Trinajstić information content (AvgIpc) is 2.68. The molecule has 1 rings (SSSR count). The molecule has 1 unspecified atom stereocenters. The van der Waals surface area contributed by atoms with E-state index in [2.05, 4.69) is 5.10 Å². The fourth-order valence-corrected chi connectivity index (χ4v) is 1.15. The van der Waals surface area contributed by atoms with Crippen molar-refractivity contribution in [1.29, 1.82) is 0 Å². The quantitative estimate of drug-likeness (QED) is 0.815. The maximum Gasteiger partial charge on any atom is 0.417 e. The third-order valence-electron chi connectivity index (χ3n) is 2.37. The molecule has 5 nitrogen and oxygen atoms in total. The van der Waals surface area contributed by atoms with Gasteiger partial charge in [-0.25, -0.2) is 4.79 Å². The second-order valence-electron chi connectivity index (χ2n) is 3.62. The van der Waals surface area contributed by atoms with Crippen molar-refractivity contribution in [3.8, 4) is 0 Å². The first-order valence-corrected chi connectivity index (χ1v) is 4.80. The maximum absolute atomic E-state index is 12.6. The van der Waals surface area contributed by atoms with Gasteiger partial charge in [-0.3, -0.25) is 10.00 Å². The Morgan fingerprint density at radius 1 is 1.53 bits per heavy atom. The van der Waals surface area contributed by atoms with Crippen molar-refractivity contribution in [3.63, 3.8) is 0 Å². The summed E-state index contributed by atoms with van der Waals surface area (Å²) in [6.07, 6.45) is -1.80. The molecule has 0 aromatic carbocycles. The minimum absolute atomic E-state index is 0.149. The van der Waals surface area contributed by atoms with Crippen LogP contribution in [0.4, 0.5) is 13.2 Å². The molecule has 1 aromatic heterocycles. The maximum atomic E-state index is 12.6. The molecule has 17 heavy (non-hydrogen) atoms. The summed E-state index contributed by atoms with van der Waals surface area (Å²) in [4.78, 5) is 10.7. The summed E-state index contributed by atoms with van der Waals surface area (Å²) in [5.41, 5.74) is -2.94. The van der Waals surface area contributed by atoms with Crippen LogP contribution in [0.15, 0.2) is 18.5 Å². The first kappa shape index (κ1) is 13.5. The highest BCUT2D eigenvalue weighted by molar-refractivity contribution is 5.79. The number of alkyl halides is 3. The van der Waals surface area contributed by atoms with Gasteiger partial charge in [0.15, 0.2) is 0 Å². The van der Waals surface area contributed by atoms with E-state index >= 15 is 0 Å². The molecule has 0 bridgehead atoms. The lowest BCUT2D eigenvalue weighted by atomic mass is 10.0. The van der Waals surface area contributed by atoms with Gasteiger partial charge >= 0.3 is 12.1 Å². The molecule has 0 spiro atoms. The molecule has 96 valence electrons. The monoisotopic (exact) mass is 251 g/mol. The highest BCUT2D eigenvalue weighted by Gasteiger charge is 2.56. The van der Waals surface area contributed by atoms with Gasteiger partial charge in [-0.1, -0.05) is 0 Å². The van der Waals surface area contributed by atoms with Crippen LogP contribution in [-0.2, 0) is 11.3 Å². The SMILES string of the molecule is CC(NCCn1cccn1)(C(=O)O)C(F)(F)F. The molecule has 0 aliphatic carbocycles. The zero-order chi connectivity index (χ0) is 13.1. The standard InChI is InChI=1S/C9H12F3N3O2/c1-8(7(16)17,9(10,11)12)13-4-6-15-5-2-3-14-15/h2-3,5,13H,4,6H2,1H3,(H,16,17). The molecule has 0 aliphatic heterocycles. The molecule has 8 heteroatoms. The van der Waals surface area contributed by atoms with E-state index in [-0.39, 0.29) is 13.1 Å². The van der Waals surface area contributed by atoms with E-state index in [1.165, 1.54) is 10.9 Å². The molecule has 2 N–H and O–H groups in total. The summed E-state index contributed by atoms with van der Waals surface area (Å²) in [5, 5.41) is 14.4. The van der Waals surface area contributed by atoms with Crippen LogP contribution in [-0.4, -0.2) is 39.1 Å². The number of nitrogens with zero attached hydrogens (tertiary/aromatic N) is 2. The number of aromatic nitrogens is 2. The van der Waals surface area contributed by atoms with E-state index in [4.69, 9.17) is 5.11 Å². The molecular formula is C9H12F3N3O2. The zero-order valence-corrected chi connectivity index (χ0v) is 9.03. The largest absolute Gasteiger partial charge is 0.480 e. The van der Waals surface area contributed by atoms with Crippen LogP contribution in [0.2, 0.25) is 0 Å². The van der Waals surface area contributed by atoms with Crippen molar-refractivity contribution >= 4 is 5.97 Å². The van der Waals surface area contributed by atoms with E-state index < -0.39 is 17.7 Å². The second kappa shape index (κ2) is 4.74. The lowest BCUT2D eigenvalue weighted by Crippen LogP contribution is -2.60. The van der Waals surface area contributed by atoms with E-state index in [0.29, 0.717) is 6.92 Å². The summed E-state index contributed by atoms with van der Waals surface area (Å²) in [5.74, 6) is -1.95. The summed E-state index contributed by atoms with van der Waals surface area (Å²) in [6.45, 7) is 0.606. The molecule has 1 heterocycles. The molecule has 0 fully saturated rings. The fraction of sp³-hybridized carbons (Fsp3) is 0.556. The normalized spacial score (nSPS) is 15.5. The number of carbonyl (C=O) groups is 1. The topological polar surface area (TPSA) is 67.2 Å². The summed E-state index contributed by atoms with van der Waals surface area (Å²) in [6, 6.07) is 1.63. The van der Waals surface area contributed by atoms with Crippen molar-refractivity contribution in [1.82, 2.24) is 15.1 Å². The van der Waals surface area contributed by atoms with Gasteiger partial charge in [0.05, 0.1) is 6.54 Å². The Labute approximate surface area is 95.2 Å². The van der Waals surface area contributed by atoms with Crippen molar-refractivity contribution < 1.29 is 23.1 Å². The smallest absolute Gasteiger partial charge is 0.417 e. The molecule has 0 amide bonds. The highest BCUT2D eigenvalue weighted by Crippen LogP contribution is 2.30. The first-order chi connectivity index (χ1) is 7.77. The Kier molecular flexibility index (Phi) is 3.76. The summed E-state index contributed by atoms with van der Waals surface area (Å²) < 4.78 is 39.1. The Bertz CT molecular complexity index is 377. The molecular weight excluding hydrogens is 239 g/mol. The average molecular weight is 251 g/mol. The minimum atomic E-state index is -4.86. The number of nitrogens with one attached hydrogen (secondary N) is 1. The van der Waals surface area contributed by atoms with Gasteiger partial charge in [-0.2, -0.15) is 18.3 Å². The lowest BCUT2D eigenvalue weighted by molar-refractivity contribution is -0.205. The van der Waals surface area contributed by atoms with Gasteiger partial charge in [0.1, 0.15) is 0 Å². The van der Waals surface area contributed by atoms with Crippen LogP contribution >= 0.6 is 0 Å². The molecule has 1 aromatic rings. The van der Waals surface area contributed by atoms with Crippen LogP contribution in [0.1, 0.15) is 6.92 Å².